The molecule has 114 valence electrons. The van der Waals surface area contributed by atoms with E-state index in [2.05, 4.69) is 6.92 Å². The third-order valence-electron chi connectivity index (χ3n) is 8.02. The van der Waals surface area contributed by atoms with Gasteiger partial charge in [0.2, 0.25) is 0 Å². The van der Waals surface area contributed by atoms with Crippen molar-refractivity contribution in [3.8, 4) is 0 Å². The summed E-state index contributed by atoms with van der Waals surface area (Å²) in [5.41, 5.74) is 0.734. The van der Waals surface area contributed by atoms with Crippen LogP contribution in [-0.2, 0) is 4.74 Å². The van der Waals surface area contributed by atoms with E-state index in [-0.39, 0.29) is 0 Å². The Hall–Kier alpha value is -0.0400. The van der Waals surface area contributed by atoms with Crippen LogP contribution >= 0.6 is 0 Å². The number of fused-ring (bicyclic) bond motifs is 5. The number of hydrogen-bond donors (Lipinski definition) is 0. The molecule has 1 nitrogen and oxygen atoms in total. The molecule has 4 fully saturated rings. The van der Waals surface area contributed by atoms with Gasteiger partial charge in [0.25, 0.3) is 0 Å². The molecule has 0 spiro atoms. The second-order valence-electron chi connectivity index (χ2n) is 8.69. The van der Waals surface area contributed by atoms with E-state index >= 15 is 0 Å². The van der Waals surface area contributed by atoms with Gasteiger partial charge in [-0.05, 0) is 92.8 Å². The fourth-order valence-electron chi connectivity index (χ4n) is 7.02. The summed E-state index contributed by atoms with van der Waals surface area (Å²) in [6.07, 6.45) is 15.5. The fourth-order valence-corrected chi connectivity index (χ4v) is 7.02. The molecule has 1 heteroatoms. The van der Waals surface area contributed by atoms with Crippen LogP contribution in [0.3, 0.4) is 0 Å². The monoisotopic (exact) mass is 276 g/mol. The largest absolute Gasteiger partial charge is 0.381 e. The van der Waals surface area contributed by atoms with Gasteiger partial charge in [0.1, 0.15) is 0 Å². The Morgan fingerprint density at radius 1 is 0.850 bits per heavy atom. The van der Waals surface area contributed by atoms with Gasteiger partial charge in [-0.1, -0.05) is 13.3 Å². The maximum atomic E-state index is 5.66. The van der Waals surface area contributed by atoms with Crippen molar-refractivity contribution in [1.29, 1.82) is 0 Å². The Morgan fingerprint density at radius 2 is 1.70 bits per heavy atom. The van der Waals surface area contributed by atoms with Gasteiger partial charge in [-0.2, -0.15) is 0 Å². The molecule has 20 heavy (non-hydrogen) atoms. The van der Waals surface area contributed by atoms with Gasteiger partial charge in [0.15, 0.2) is 0 Å². The number of hydrogen-bond acceptors (Lipinski definition) is 1. The van der Waals surface area contributed by atoms with Crippen LogP contribution < -0.4 is 0 Å². The van der Waals surface area contributed by atoms with Crippen molar-refractivity contribution in [1.82, 2.24) is 0 Å². The van der Waals surface area contributed by atoms with Gasteiger partial charge < -0.3 is 4.74 Å². The van der Waals surface area contributed by atoms with Crippen molar-refractivity contribution in [3.63, 3.8) is 0 Å². The number of ether oxygens (including phenoxy) is 1. The van der Waals surface area contributed by atoms with E-state index in [4.69, 9.17) is 4.74 Å². The molecule has 0 amide bonds. The van der Waals surface area contributed by atoms with Gasteiger partial charge in [0.05, 0.1) is 6.10 Å². The molecular weight excluding hydrogens is 244 g/mol. The zero-order valence-electron chi connectivity index (χ0n) is 13.4. The van der Waals surface area contributed by atoms with Crippen LogP contribution in [0.4, 0.5) is 0 Å². The second-order valence-corrected chi connectivity index (χ2v) is 8.69. The molecule has 0 aromatic rings. The third kappa shape index (κ3) is 1.99. The minimum absolute atomic E-state index is 0.577. The van der Waals surface area contributed by atoms with Crippen LogP contribution in [0.1, 0.15) is 71.1 Å². The summed E-state index contributed by atoms with van der Waals surface area (Å²) in [5, 5.41) is 0. The minimum atomic E-state index is 0.577. The van der Waals surface area contributed by atoms with Gasteiger partial charge in [0, 0.05) is 7.11 Å². The lowest BCUT2D eigenvalue weighted by molar-refractivity contribution is -0.0737. The van der Waals surface area contributed by atoms with Crippen molar-refractivity contribution in [2.24, 2.45) is 35.0 Å². The highest BCUT2D eigenvalue weighted by atomic mass is 16.5. The lowest BCUT2D eigenvalue weighted by atomic mass is 9.50. The summed E-state index contributed by atoms with van der Waals surface area (Å²) >= 11 is 0. The van der Waals surface area contributed by atoms with E-state index in [9.17, 15) is 0 Å². The van der Waals surface area contributed by atoms with Crippen LogP contribution in [0.25, 0.3) is 0 Å². The Morgan fingerprint density at radius 3 is 2.55 bits per heavy atom. The van der Waals surface area contributed by atoms with E-state index < -0.39 is 0 Å². The zero-order valence-corrected chi connectivity index (χ0v) is 13.4. The highest BCUT2D eigenvalue weighted by Gasteiger charge is 2.53. The topological polar surface area (TPSA) is 9.23 Å². The Kier molecular flexibility index (Phi) is 3.41. The van der Waals surface area contributed by atoms with Crippen molar-refractivity contribution in [3.05, 3.63) is 0 Å². The first kappa shape index (κ1) is 13.6. The predicted molar refractivity (Wildman–Crippen MR) is 82.5 cm³/mol. The fraction of sp³-hybridized carbons (Fsp3) is 1.00. The van der Waals surface area contributed by atoms with Gasteiger partial charge in [-0.25, -0.2) is 0 Å². The molecule has 0 aromatic carbocycles. The van der Waals surface area contributed by atoms with Gasteiger partial charge in [-0.15, -0.1) is 0 Å². The molecule has 0 heterocycles. The molecule has 0 radical (unpaired) electrons. The molecule has 4 rings (SSSR count). The lowest BCUT2D eigenvalue weighted by Crippen LogP contribution is -2.47. The number of methoxy groups -OCH3 is 1. The lowest BCUT2D eigenvalue weighted by Gasteiger charge is -2.55. The molecule has 0 N–H and O–H groups in total. The molecule has 4 aliphatic carbocycles. The summed E-state index contributed by atoms with van der Waals surface area (Å²) in [7, 11) is 1.92. The highest BCUT2D eigenvalue weighted by molar-refractivity contribution is 5.03. The van der Waals surface area contributed by atoms with Crippen LogP contribution in [0.15, 0.2) is 0 Å². The van der Waals surface area contributed by atoms with Crippen LogP contribution in [-0.4, -0.2) is 13.2 Å². The maximum Gasteiger partial charge on any atom is 0.0574 e. The standard InChI is InChI=1S/C19H32O/c1-19-10-3-4-18(19)17-7-5-13-12-14(20-2)6-8-15(13)16(17)9-11-19/h13-18H,3-12H2,1-2H3/t13?,14?,15-,16+,17+,18-,19-/m0/s1. The van der Waals surface area contributed by atoms with Crippen LogP contribution in [0.5, 0.6) is 0 Å². The second kappa shape index (κ2) is 5.00. The molecule has 0 aromatic heterocycles. The van der Waals surface area contributed by atoms with Gasteiger partial charge >= 0.3 is 0 Å². The van der Waals surface area contributed by atoms with Crippen molar-refractivity contribution >= 4 is 0 Å². The highest BCUT2D eigenvalue weighted by Crippen LogP contribution is 2.62. The van der Waals surface area contributed by atoms with Gasteiger partial charge in [-0.3, -0.25) is 0 Å². The summed E-state index contributed by atoms with van der Waals surface area (Å²) in [6.45, 7) is 2.62. The quantitative estimate of drug-likeness (QED) is 0.651. The summed E-state index contributed by atoms with van der Waals surface area (Å²) in [5.74, 6) is 5.33. The molecule has 4 aliphatic rings. The molecule has 4 saturated carbocycles. The first-order valence-electron chi connectivity index (χ1n) is 9.24. The van der Waals surface area contributed by atoms with E-state index in [1.54, 1.807) is 19.3 Å². The molecule has 2 unspecified atom stereocenters. The van der Waals surface area contributed by atoms with Crippen LogP contribution in [0, 0.1) is 35.0 Å². The van der Waals surface area contributed by atoms with E-state index in [1.807, 2.05) is 7.11 Å². The minimum Gasteiger partial charge on any atom is -0.381 e. The van der Waals surface area contributed by atoms with Crippen molar-refractivity contribution < 1.29 is 4.74 Å². The first-order chi connectivity index (χ1) is 9.71. The average molecular weight is 276 g/mol. The predicted octanol–water partition coefficient (Wildman–Crippen LogP) is 5.04. The molecule has 0 bridgehead atoms. The molecule has 0 saturated heterocycles. The summed E-state index contributed by atoms with van der Waals surface area (Å²) in [4.78, 5) is 0. The van der Waals surface area contributed by atoms with Crippen LogP contribution in [0.2, 0.25) is 0 Å². The van der Waals surface area contributed by atoms with Crippen molar-refractivity contribution in [2.75, 3.05) is 7.11 Å². The maximum absolute atomic E-state index is 5.66. The Bertz CT molecular complexity index is 365. The Balaban J connectivity index is 1.52. The number of rotatable bonds is 1. The molecule has 0 aliphatic heterocycles. The normalized spacial score (nSPS) is 54.9. The van der Waals surface area contributed by atoms with Crippen molar-refractivity contribution in [2.45, 2.75) is 77.2 Å². The Labute approximate surface area is 124 Å². The molecule has 7 atom stereocenters. The SMILES string of the molecule is COC1CC[C@H]2C(CC[C@@H]3[C@@H]2CC[C@]2(C)CCC[C@@H]32)C1. The zero-order chi connectivity index (χ0) is 13.7. The van der Waals surface area contributed by atoms with E-state index in [0.717, 1.165) is 35.0 Å². The van der Waals surface area contributed by atoms with E-state index in [1.165, 1.54) is 44.9 Å². The summed E-state index contributed by atoms with van der Waals surface area (Å²) in [6, 6.07) is 0. The first-order valence-corrected chi connectivity index (χ1v) is 9.24. The molecular formula is C19H32O. The third-order valence-corrected chi connectivity index (χ3v) is 8.02. The van der Waals surface area contributed by atoms with E-state index in [0.29, 0.717) is 6.10 Å². The average Bonchev–Trinajstić information content (AvgIpc) is 2.88. The summed E-state index contributed by atoms with van der Waals surface area (Å²) < 4.78 is 5.66. The smallest absolute Gasteiger partial charge is 0.0574 e.